The van der Waals surface area contributed by atoms with E-state index in [-0.39, 0.29) is 11.5 Å². The first kappa shape index (κ1) is 22.9. The average molecular weight is 457 g/mol. The molecule has 1 heterocycles. The fourth-order valence-corrected chi connectivity index (χ4v) is 4.57. The van der Waals surface area contributed by atoms with Gasteiger partial charge in [0.25, 0.3) is 0 Å². The van der Waals surface area contributed by atoms with E-state index in [0.29, 0.717) is 23.1 Å². The van der Waals surface area contributed by atoms with Crippen LogP contribution in [0.5, 0.6) is 0 Å². The molecule has 3 rings (SSSR count). The van der Waals surface area contributed by atoms with Crippen molar-refractivity contribution < 1.29 is 14.7 Å². The number of benzene rings is 2. The van der Waals surface area contributed by atoms with E-state index in [0.717, 1.165) is 5.82 Å². The van der Waals surface area contributed by atoms with E-state index in [2.05, 4.69) is 46.7 Å². The van der Waals surface area contributed by atoms with Gasteiger partial charge in [-0.05, 0) is 51.1 Å². The number of nitrogens with zero attached hydrogens (tertiary/aromatic N) is 3. The third-order valence-electron chi connectivity index (χ3n) is 4.53. The second-order valence-electron chi connectivity index (χ2n) is 6.88. The molecule has 1 amide bonds. The molecule has 9 heteroatoms. The van der Waals surface area contributed by atoms with Crippen LogP contribution in [-0.4, -0.2) is 37.0 Å². The number of amides is 1. The summed E-state index contributed by atoms with van der Waals surface area (Å²) in [5, 5.41) is 20.7. The largest absolute Gasteiger partial charge is 0.478 e. The highest BCUT2D eigenvalue weighted by Gasteiger charge is 2.20. The summed E-state index contributed by atoms with van der Waals surface area (Å²) < 4.78 is 2.01. The summed E-state index contributed by atoms with van der Waals surface area (Å²) in [5.41, 5.74) is 1.80. The zero-order valence-electron chi connectivity index (χ0n) is 17.5. The third-order valence-corrected chi connectivity index (χ3v) is 6.62. The number of nitrogens with one attached hydrogen (secondary N) is 1. The molecule has 2 N–H and O–H groups in total. The number of hydrogen-bond acceptors (Lipinski definition) is 6. The smallest absolute Gasteiger partial charge is 0.335 e. The summed E-state index contributed by atoms with van der Waals surface area (Å²) in [6.45, 7) is 6.58. The molecule has 0 saturated carbocycles. The zero-order chi connectivity index (χ0) is 22.4. The van der Waals surface area contributed by atoms with Gasteiger partial charge in [-0.1, -0.05) is 35.5 Å². The quantitative estimate of drug-likeness (QED) is 0.450. The van der Waals surface area contributed by atoms with Crippen LogP contribution >= 0.6 is 23.5 Å². The van der Waals surface area contributed by atoms with Crippen molar-refractivity contribution in [3.8, 4) is 0 Å². The maximum atomic E-state index is 12.6. The van der Waals surface area contributed by atoms with Gasteiger partial charge in [0.2, 0.25) is 5.91 Å². The Bertz CT molecular complexity index is 1070. The van der Waals surface area contributed by atoms with Crippen LogP contribution in [0, 0.1) is 6.92 Å². The van der Waals surface area contributed by atoms with Gasteiger partial charge >= 0.3 is 5.97 Å². The minimum absolute atomic E-state index is 0.125. The molecule has 2 aromatic carbocycles. The number of rotatable bonds is 9. The number of carboxylic acid groups (broad SMARTS) is 1. The van der Waals surface area contributed by atoms with E-state index in [1.165, 1.54) is 34.4 Å². The fraction of sp³-hybridized carbons (Fsp3) is 0.273. The van der Waals surface area contributed by atoms with Gasteiger partial charge in [-0.25, -0.2) is 4.79 Å². The van der Waals surface area contributed by atoms with Gasteiger partial charge in [0, 0.05) is 17.1 Å². The van der Waals surface area contributed by atoms with E-state index < -0.39 is 11.2 Å². The summed E-state index contributed by atoms with van der Waals surface area (Å²) in [6, 6.07) is 14.5. The molecule has 0 aliphatic rings. The molecule has 0 aliphatic carbocycles. The molecule has 31 heavy (non-hydrogen) atoms. The summed E-state index contributed by atoms with van der Waals surface area (Å²) in [5.74, 6) is 0.282. The second-order valence-corrected chi connectivity index (χ2v) is 9.24. The van der Waals surface area contributed by atoms with Gasteiger partial charge in [0.1, 0.15) is 5.82 Å². The highest BCUT2D eigenvalue weighted by molar-refractivity contribution is 8.00. The minimum Gasteiger partial charge on any atom is -0.478 e. The predicted octanol–water partition coefficient (Wildman–Crippen LogP) is 4.72. The number of aryl methyl sites for hydroxylation is 1. The Morgan fingerprint density at radius 2 is 1.90 bits per heavy atom. The third kappa shape index (κ3) is 6.11. The highest BCUT2D eigenvalue weighted by atomic mass is 32.2. The standard InChI is InChI=1S/C22H24N4O3S2/c1-4-26-19(13-30-18-10-8-14(2)9-11-18)24-25-22(26)31-15(3)20(27)23-17-7-5-6-16(12-17)21(28)29/h5-12,15H,4,13H2,1-3H3,(H,23,27)(H,28,29). The van der Waals surface area contributed by atoms with E-state index in [1.54, 1.807) is 30.8 Å². The number of carboxylic acids is 1. The molecule has 0 spiro atoms. The monoisotopic (exact) mass is 456 g/mol. The van der Waals surface area contributed by atoms with Crippen LogP contribution in [0.15, 0.2) is 58.6 Å². The van der Waals surface area contributed by atoms with Crippen LogP contribution in [0.2, 0.25) is 0 Å². The topological polar surface area (TPSA) is 97.1 Å². The number of hydrogen-bond donors (Lipinski definition) is 2. The van der Waals surface area contributed by atoms with Gasteiger partial charge in [-0.3, -0.25) is 4.79 Å². The maximum absolute atomic E-state index is 12.6. The number of anilines is 1. The lowest BCUT2D eigenvalue weighted by Crippen LogP contribution is -2.23. The van der Waals surface area contributed by atoms with Crippen molar-refractivity contribution in [1.82, 2.24) is 14.8 Å². The number of carbonyl (C=O) groups is 2. The van der Waals surface area contributed by atoms with Crippen molar-refractivity contribution in [2.75, 3.05) is 5.32 Å². The van der Waals surface area contributed by atoms with Crippen LogP contribution in [-0.2, 0) is 17.1 Å². The van der Waals surface area contributed by atoms with Crippen molar-refractivity contribution in [1.29, 1.82) is 0 Å². The molecule has 0 bridgehead atoms. The van der Waals surface area contributed by atoms with Crippen LogP contribution < -0.4 is 5.32 Å². The Morgan fingerprint density at radius 3 is 2.58 bits per heavy atom. The van der Waals surface area contributed by atoms with Gasteiger partial charge in [0.15, 0.2) is 5.16 Å². The lowest BCUT2D eigenvalue weighted by molar-refractivity contribution is -0.115. The lowest BCUT2D eigenvalue weighted by Gasteiger charge is -2.13. The molecular formula is C22H24N4O3S2. The summed E-state index contributed by atoms with van der Waals surface area (Å²) >= 11 is 3.02. The second kappa shape index (κ2) is 10.5. The Kier molecular flexibility index (Phi) is 7.75. The zero-order valence-corrected chi connectivity index (χ0v) is 19.2. The molecule has 7 nitrogen and oxygen atoms in total. The molecule has 1 atom stereocenters. The molecule has 3 aromatic rings. The predicted molar refractivity (Wildman–Crippen MR) is 124 cm³/mol. The van der Waals surface area contributed by atoms with Gasteiger partial charge in [0.05, 0.1) is 16.6 Å². The SMILES string of the molecule is CCn1c(CSc2ccc(C)cc2)nnc1SC(C)C(=O)Nc1cccc(C(=O)O)c1. The van der Waals surface area contributed by atoms with Gasteiger partial charge in [-0.2, -0.15) is 0 Å². The Balaban J connectivity index is 1.63. The molecule has 1 unspecified atom stereocenters. The summed E-state index contributed by atoms with van der Waals surface area (Å²) in [7, 11) is 0. The van der Waals surface area contributed by atoms with E-state index >= 15 is 0 Å². The molecule has 0 aliphatic heterocycles. The first-order chi connectivity index (χ1) is 14.9. The number of aromatic nitrogens is 3. The van der Waals surface area contributed by atoms with Gasteiger partial charge < -0.3 is 15.0 Å². The summed E-state index contributed by atoms with van der Waals surface area (Å²) in [6.07, 6.45) is 0. The van der Waals surface area contributed by atoms with Crippen LogP contribution in [0.1, 0.15) is 35.6 Å². The lowest BCUT2D eigenvalue weighted by atomic mass is 10.2. The van der Waals surface area contributed by atoms with Crippen molar-refractivity contribution in [3.63, 3.8) is 0 Å². The van der Waals surface area contributed by atoms with Crippen molar-refractivity contribution in [3.05, 3.63) is 65.5 Å². The van der Waals surface area contributed by atoms with E-state index in [4.69, 9.17) is 5.11 Å². The van der Waals surface area contributed by atoms with Crippen LogP contribution in [0.3, 0.4) is 0 Å². The molecule has 0 radical (unpaired) electrons. The van der Waals surface area contributed by atoms with Crippen LogP contribution in [0.4, 0.5) is 5.69 Å². The maximum Gasteiger partial charge on any atom is 0.335 e. The normalized spacial score (nSPS) is 11.8. The average Bonchev–Trinajstić information content (AvgIpc) is 3.14. The van der Waals surface area contributed by atoms with E-state index in [9.17, 15) is 9.59 Å². The Morgan fingerprint density at radius 1 is 1.16 bits per heavy atom. The fourth-order valence-electron chi connectivity index (χ4n) is 2.80. The molecule has 162 valence electrons. The van der Waals surface area contributed by atoms with Crippen LogP contribution in [0.25, 0.3) is 0 Å². The number of carbonyl (C=O) groups excluding carboxylic acids is 1. The van der Waals surface area contributed by atoms with Gasteiger partial charge in [-0.15, -0.1) is 22.0 Å². The molecule has 1 aromatic heterocycles. The first-order valence-corrected chi connectivity index (χ1v) is 11.7. The molecule has 0 fully saturated rings. The van der Waals surface area contributed by atoms with Crippen molar-refractivity contribution in [2.24, 2.45) is 0 Å². The Labute approximate surface area is 189 Å². The number of aromatic carboxylic acids is 1. The minimum atomic E-state index is -1.04. The Hall–Kier alpha value is -2.78. The molecular weight excluding hydrogens is 432 g/mol. The van der Waals surface area contributed by atoms with Crippen molar-refractivity contribution in [2.45, 2.75) is 48.4 Å². The molecule has 0 saturated heterocycles. The summed E-state index contributed by atoms with van der Waals surface area (Å²) in [4.78, 5) is 24.9. The van der Waals surface area contributed by atoms with Crippen molar-refractivity contribution >= 4 is 41.1 Å². The first-order valence-electron chi connectivity index (χ1n) is 9.79. The highest BCUT2D eigenvalue weighted by Crippen LogP contribution is 2.27. The van der Waals surface area contributed by atoms with E-state index in [1.807, 2.05) is 11.5 Å². The number of thioether (sulfide) groups is 2.